The van der Waals surface area contributed by atoms with E-state index in [0.717, 1.165) is 5.82 Å². The Kier molecular flexibility index (Phi) is 3.94. The maximum Gasteiger partial charge on any atom is 0.224 e. The Balaban J connectivity index is 2.22. The van der Waals surface area contributed by atoms with Crippen molar-refractivity contribution in [1.29, 1.82) is 0 Å². The van der Waals surface area contributed by atoms with Gasteiger partial charge in [0.2, 0.25) is 5.88 Å². The van der Waals surface area contributed by atoms with E-state index in [1.54, 1.807) is 24.3 Å². The predicted octanol–water partition coefficient (Wildman–Crippen LogP) is 3.25. The summed E-state index contributed by atoms with van der Waals surface area (Å²) in [6.07, 6.45) is 1.41. The van der Waals surface area contributed by atoms with Crippen LogP contribution in [0.5, 0.6) is 11.6 Å². The van der Waals surface area contributed by atoms with Gasteiger partial charge in [0.05, 0.1) is 0 Å². The van der Waals surface area contributed by atoms with Gasteiger partial charge in [-0.1, -0.05) is 12.1 Å². The molecule has 0 bridgehead atoms. The van der Waals surface area contributed by atoms with E-state index in [2.05, 4.69) is 23.8 Å². The monoisotopic (exact) mass is 261 g/mol. The fourth-order valence-electron chi connectivity index (χ4n) is 1.48. The Hall–Kier alpha value is -2.17. The Morgan fingerprint density at radius 3 is 2.63 bits per heavy atom. The number of aromatic nitrogens is 2. The molecule has 0 spiro atoms. The van der Waals surface area contributed by atoms with Crippen molar-refractivity contribution >= 4 is 5.82 Å². The zero-order valence-corrected chi connectivity index (χ0v) is 11.2. The van der Waals surface area contributed by atoms with E-state index in [1.165, 1.54) is 12.4 Å². The van der Waals surface area contributed by atoms with Crippen LogP contribution in [0.4, 0.5) is 10.2 Å². The van der Waals surface area contributed by atoms with Crippen LogP contribution in [0, 0.1) is 5.82 Å². The highest BCUT2D eigenvalue weighted by Crippen LogP contribution is 2.24. The van der Waals surface area contributed by atoms with Crippen LogP contribution in [0.25, 0.3) is 0 Å². The summed E-state index contributed by atoms with van der Waals surface area (Å²) in [5, 5.41) is 0. The van der Waals surface area contributed by atoms with Crippen molar-refractivity contribution in [2.45, 2.75) is 19.9 Å². The zero-order chi connectivity index (χ0) is 13.8. The van der Waals surface area contributed by atoms with Crippen LogP contribution < -0.4 is 9.64 Å². The molecule has 0 saturated heterocycles. The van der Waals surface area contributed by atoms with Gasteiger partial charge < -0.3 is 9.64 Å². The number of halogens is 1. The second-order valence-electron chi connectivity index (χ2n) is 4.45. The second kappa shape index (κ2) is 5.65. The first-order chi connectivity index (χ1) is 9.08. The summed E-state index contributed by atoms with van der Waals surface area (Å²) in [4.78, 5) is 10.1. The van der Waals surface area contributed by atoms with Crippen LogP contribution >= 0.6 is 0 Å². The van der Waals surface area contributed by atoms with E-state index < -0.39 is 5.82 Å². The molecule has 5 heteroatoms. The van der Waals surface area contributed by atoms with Crippen LogP contribution in [0.2, 0.25) is 0 Å². The molecule has 0 radical (unpaired) electrons. The summed E-state index contributed by atoms with van der Waals surface area (Å²) in [5.41, 5.74) is 0. The number of rotatable bonds is 4. The van der Waals surface area contributed by atoms with Crippen molar-refractivity contribution in [2.75, 3.05) is 11.9 Å². The summed E-state index contributed by atoms with van der Waals surface area (Å²) in [7, 11) is 1.93. The van der Waals surface area contributed by atoms with Crippen LogP contribution in [-0.2, 0) is 0 Å². The van der Waals surface area contributed by atoms with Crippen molar-refractivity contribution in [1.82, 2.24) is 9.97 Å². The lowest BCUT2D eigenvalue weighted by Crippen LogP contribution is -2.26. The van der Waals surface area contributed by atoms with Gasteiger partial charge in [-0.05, 0) is 26.0 Å². The smallest absolute Gasteiger partial charge is 0.224 e. The normalized spacial score (nSPS) is 10.6. The van der Waals surface area contributed by atoms with E-state index in [9.17, 15) is 4.39 Å². The van der Waals surface area contributed by atoms with Crippen molar-refractivity contribution in [3.63, 3.8) is 0 Å². The van der Waals surface area contributed by atoms with E-state index in [0.29, 0.717) is 11.9 Å². The lowest BCUT2D eigenvalue weighted by molar-refractivity contribution is 0.426. The third-order valence-electron chi connectivity index (χ3n) is 2.81. The lowest BCUT2D eigenvalue weighted by Gasteiger charge is -2.22. The molecule has 0 fully saturated rings. The van der Waals surface area contributed by atoms with Gasteiger partial charge in [-0.25, -0.2) is 14.4 Å². The van der Waals surface area contributed by atoms with Crippen molar-refractivity contribution in [3.05, 3.63) is 42.5 Å². The first-order valence-electron chi connectivity index (χ1n) is 6.05. The lowest BCUT2D eigenvalue weighted by atomic mass is 10.3. The van der Waals surface area contributed by atoms with Crippen LogP contribution in [0.15, 0.2) is 36.7 Å². The molecule has 0 aliphatic carbocycles. The van der Waals surface area contributed by atoms with E-state index >= 15 is 0 Å². The largest absolute Gasteiger partial charge is 0.436 e. The minimum atomic E-state index is -0.417. The first kappa shape index (κ1) is 13.3. The third kappa shape index (κ3) is 3.19. The fourth-order valence-corrected chi connectivity index (χ4v) is 1.48. The van der Waals surface area contributed by atoms with E-state index in [1.807, 2.05) is 11.9 Å². The average Bonchev–Trinajstić information content (AvgIpc) is 2.41. The number of hydrogen-bond donors (Lipinski definition) is 0. The molecule has 100 valence electrons. The van der Waals surface area contributed by atoms with Crippen LogP contribution in [0.1, 0.15) is 13.8 Å². The first-order valence-corrected chi connectivity index (χ1v) is 6.05. The SMILES string of the molecule is CC(C)N(C)c1cc(Oc2ccccc2F)ncn1. The fraction of sp³-hybridized carbons (Fsp3) is 0.286. The molecule has 0 unspecified atom stereocenters. The summed E-state index contributed by atoms with van der Waals surface area (Å²) in [5.74, 6) is 0.790. The Bertz CT molecular complexity index is 560. The molecular weight excluding hydrogens is 245 g/mol. The Labute approximate surface area is 111 Å². The molecule has 0 saturated carbocycles. The summed E-state index contributed by atoms with van der Waals surface area (Å²) in [6, 6.07) is 8.21. The van der Waals surface area contributed by atoms with Gasteiger partial charge in [0.15, 0.2) is 11.6 Å². The molecule has 1 aromatic heterocycles. The summed E-state index contributed by atoms with van der Waals surface area (Å²) >= 11 is 0. The molecule has 2 rings (SSSR count). The predicted molar refractivity (Wildman–Crippen MR) is 72.0 cm³/mol. The molecule has 2 aromatic rings. The number of anilines is 1. The molecule has 19 heavy (non-hydrogen) atoms. The molecule has 1 heterocycles. The molecule has 1 aromatic carbocycles. The number of nitrogens with zero attached hydrogens (tertiary/aromatic N) is 3. The van der Waals surface area contributed by atoms with Gasteiger partial charge in [-0.15, -0.1) is 0 Å². The highest BCUT2D eigenvalue weighted by molar-refractivity contribution is 5.41. The molecule has 0 N–H and O–H groups in total. The molecule has 0 aliphatic rings. The molecule has 0 aliphatic heterocycles. The molecule has 0 amide bonds. The number of para-hydroxylation sites is 1. The van der Waals surface area contributed by atoms with Crippen molar-refractivity contribution in [2.24, 2.45) is 0 Å². The van der Waals surface area contributed by atoms with Crippen molar-refractivity contribution in [3.8, 4) is 11.6 Å². The maximum absolute atomic E-state index is 13.5. The van der Waals surface area contributed by atoms with Gasteiger partial charge in [0.25, 0.3) is 0 Å². The Morgan fingerprint density at radius 2 is 1.95 bits per heavy atom. The highest BCUT2D eigenvalue weighted by atomic mass is 19.1. The number of benzene rings is 1. The standard InChI is InChI=1S/C14H16FN3O/c1-10(2)18(3)13-8-14(17-9-16-13)19-12-7-5-4-6-11(12)15/h4-10H,1-3H3. The third-order valence-corrected chi connectivity index (χ3v) is 2.81. The van der Waals surface area contributed by atoms with Gasteiger partial charge in [0, 0.05) is 19.2 Å². The van der Waals surface area contributed by atoms with Crippen LogP contribution in [-0.4, -0.2) is 23.1 Å². The van der Waals surface area contributed by atoms with Crippen molar-refractivity contribution < 1.29 is 9.13 Å². The maximum atomic E-state index is 13.5. The molecule has 0 atom stereocenters. The van der Waals surface area contributed by atoms with E-state index in [4.69, 9.17) is 4.74 Å². The number of hydrogen-bond acceptors (Lipinski definition) is 4. The van der Waals surface area contributed by atoms with Gasteiger partial charge >= 0.3 is 0 Å². The summed E-state index contributed by atoms with van der Waals surface area (Å²) in [6.45, 7) is 4.11. The molecular formula is C14H16FN3O. The number of ether oxygens (including phenoxy) is 1. The second-order valence-corrected chi connectivity index (χ2v) is 4.45. The Morgan fingerprint density at radius 1 is 1.21 bits per heavy atom. The summed E-state index contributed by atoms with van der Waals surface area (Å²) < 4.78 is 18.9. The highest BCUT2D eigenvalue weighted by Gasteiger charge is 2.10. The molecule has 4 nitrogen and oxygen atoms in total. The van der Waals surface area contributed by atoms with E-state index in [-0.39, 0.29) is 5.75 Å². The van der Waals surface area contributed by atoms with Crippen LogP contribution in [0.3, 0.4) is 0 Å². The zero-order valence-electron chi connectivity index (χ0n) is 11.2. The average molecular weight is 261 g/mol. The van der Waals surface area contributed by atoms with Gasteiger partial charge in [0.1, 0.15) is 12.1 Å². The minimum Gasteiger partial charge on any atom is -0.436 e. The minimum absolute atomic E-state index is 0.152. The topological polar surface area (TPSA) is 38.2 Å². The van der Waals surface area contributed by atoms with Gasteiger partial charge in [-0.3, -0.25) is 0 Å². The van der Waals surface area contributed by atoms with Gasteiger partial charge in [-0.2, -0.15) is 0 Å². The quantitative estimate of drug-likeness (QED) is 0.846.